The van der Waals surface area contributed by atoms with Crippen LogP contribution in [0.15, 0.2) is 65.8 Å². The number of hydrogen-bond acceptors (Lipinski definition) is 4. The van der Waals surface area contributed by atoms with E-state index >= 15 is 0 Å². The van der Waals surface area contributed by atoms with Crippen molar-refractivity contribution in [3.05, 3.63) is 71.6 Å². The number of benzene rings is 1. The Morgan fingerprint density at radius 3 is 2.42 bits per heavy atom. The molecule has 2 heterocycles. The molecule has 0 radical (unpaired) electrons. The second-order valence-corrected chi connectivity index (χ2v) is 10.6. The molecule has 0 fully saturated rings. The number of hydrogen-bond donors (Lipinski definition) is 1. The molecular weight excluding hydrogens is 438 g/mol. The van der Waals surface area contributed by atoms with E-state index in [1.807, 2.05) is 20.8 Å². The van der Waals surface area contributed by atoms with Gasteiger partial charge < -0.3 is 10.0 Å². The number of carboxylic acid groups (broad SMARTS) is 1. The van der Waals surface area contributed by atoms with Crippen LogP contribution < -0.4 is 0 Å². The summed E-state index contributed by atoms with van der Waals surface area (Å²) in [4.78, 5) is 17.2. The van der Waals surface area contributed by atoms with Crippen LogP contribution in [0.4, 0.5) is 4.79 Å². The summed E-state index contributed by atoms with van der Waals surface area (Å²) >= 11 is 6.26. The van der Waals surface area contributed by atoms with Crippen LogP contribution in [0.25, 0.3) is 11.3 Å². The molecule has 7 nitrogen and oxygen atoms in total. The topological polar surface area (TPSA) is 92.5 Å². The third kappa shape index (κ3) is 5.26. The lowest BCUT2D eigenvalue weighted by molar-refractivity contribution is 0.123. The predicted molar refractivity (Wildman–Crippen MR) is 120 cm³/mol. The van der Waals surface area contributed by atoms with Crippen molar-refractivity contribution in [2.75, 3.05) is 6.54 Å². The predicted octanol–water partition coefficient (Wildman–Crippen LogP) is 4.97. The van der Waals surface area contributed by atoms with E-state index in [9.17, 15) is 18.3 Å². The molecular formula is C22H24ClN3O4S. The fourth-order valence-corrected chi connectivity index (χ4v) is 4.87. The van der Waals surface area contributed by atoms with Gasteiger partial charge >= 0.3 is 6.09 Å². The molecule has 0 aliphatic carbocycles. The number of pyridine rings is 1. The summed E-state index contributed by atoms with van der Waals surface area (Å²) in [5, 5.41) is 9.80. The Morgan fingerprint density at radius 2 is 1.84 bits per heavy atom. The molecule has 1 N–H and O–H groups in total. The maximum Gasteiger partial charge on any atom is 0.407 e. The molecule has 9 heteroatoms. The summed E-state index contributed by atoms with van der Waals surface area (Å²) < 4.78 is 27.9. The second-order valence-electron chi connectivity index (χ2n) is 8.39. The maximum absolute atomic E-state index is 13.4. The minimum absolute atomic E-state index is 0.0365. The van der Waals surface area contributed by atoms with Crippen LogP contribution in [0, 0.1) is 5.41 Å². The molecule has 2 aromatic heterocycles. The summed E-state index contributed by atoms with van der Waals surface area (Å²) in [5.74, 6) is 0. The Kier molecular flexibility index (Phi) is 6.43. The van der Waals surface area contributed by atoms with Crippen LogP contribution in [-0.2, 0) is 16.6 Å². The van der Waals surface area contributed by atoms with Crippen molar-refractivity contribution in [1.29, 1.82) is 0 Å². The second kappa shape index (κ2) is 8.72. The van der Waals surface area contributed by atoms with Crippen LogP contribution in [0.3, 0.4) is 0 Å². The third-order valence-electron chi connectivity index (χ3n) is 4.49. The molecule has 0 spiro atoms. The van der Waals surface area contributed by atoms with Gasteiger partial charge in [0.15, 0.2) is 0 Å². The number of nitrogens with zero attached hydrogens (tertiary/aromatic N) is 3. The summed E-state index contributed by atoms with van der Waals surface area (Å²) in [6, 6.07) is 13.0. The molecule has 0 bridgehead atoms. The number of halogens is 1. The molecule has 164 valence electrons. The van der Waals surface area contributed by atoms with Gasteiger partial charge in [-0.3, -0.25) is 0 Å². The first kappa shape index (κ1) is 22.8. The lowest BCUT2D eigenvalue weighted by Gasteiger charge is -2.27. The van der Waals surface area contributed by atoms with Gasteiger partial charge in [0, 0.05) is 24.5 Å². The zero-order chi connectivity index (χ0) is 22.8. The Labute approximate surface area is 187 Å². The van der Waals surface area contributed by atoms with Crippen LogP contribution in [0.2, 0.25) is 5.15 Å². The molecule has 31 heavy (non-hydrogen) atoms. The lowest BCUT2D eigenvalue weighted by Crippen LogP contribution is -2.36. The summed E-state index contributed by atoms with van der Waals surface area (Å²) in [7, 11) is -3.94. The Hall–Kier alpha value is -2.84. The van der Waals surface area contributed by atoms with Gasteiger partial charge in [-0.2, -0.15) is 0 Å². The average Bonchev–Trinajstić information content (AvgIpc) is 3.12. The van der Waals surface area contributed by atoms with Gasteiger partial charge in [-0.1, -0.05) is 50.6 Å². The molecule has 0 unspecified atom stereocenters. The normalized spacial score (nSPS) is 12.0. The maximum atomic E-state index is 13.4. The minimum atomic E-state index is -3.94. The molecule has 0 atom stereocenters. The highest BCUT2D eigenvalue weighted by Crippen LogP contribution is 2.31. The SMILES string of the molecule is CC(C)(C)CN(Cc1cc(-c2cccnc2Cl)n(S(=O)(=O)c2ccccc2)c1)C(=O)O. The van der Waals surface area contributed by atoms with Gasteiger partial charge in [0.25, 0.3) is 10.0 Å². The van der Waals surface area contributed by atoms with E-state index in [2.05, 4.69) is 4.98 Å². The Bertz CT molecular complexity index is 1180. The van der Waals surface area contributed by atoms with E-state index < -0.39 is 16.1 Å². The van der Waals surface area contributed by atoms with Gasteiger partial charge in [0.1, 0.15) is 5.15 Å². The minimum Gasteiger partial charge on any atom is -0.465 e. The van der Waals surface area contributed by atoms with E-state index in [0.29, 0.717) is 23.4 Å². The largest absolute Gasteiger partial charge is 0.465 e. The van der Waals surface area contributed by atoms with Crippen molar-refractivity contribution in [2.45, 2.75) is 32.2 Å². The molecule has 3 rings (SSSR count). The molecule has 0 aliphatic rings. The lowest BCUT2D eigenvalue weighted by atomic mass is 9.96. The van der Waals surface area contributed by atoms with Gasteiger partial charge in [-0.25, -0.2) is 22.2 Å². The highest BCUT2D eigenvalue weighted by Gasteiger charge is 2.26. The number of rotatable bonds is 6. The van der Waals surface area contributed by atoms with Crippen molar-refractivity contribution in [3.8, 4) is 11.3 Å². The van der Waals surface area contributed by atoms with Gasteiger partial charge in [0.05, 0.1) is 17.1 Å². The smallest absolute Gasteiger partial charge is 0.407 e. The number of amides is 1. The van der Waals surface area contributed by atoms with Gasteiger partial charge in [-0.05, 0) is 41.3 Å². The van der Waals surface area contributed by atoms with Gasteiger partial charge in [0.2, 0.25) is 0 Å². The highest BCUT2D eigenvalue weighted by molar-refractivity contribution is 7.90. The zero-order valence-electron chi connectivity index (χ0n) is 17.5. The summed E-state index contributed by atoms with van der Waals surface area (Å²) in [6.45, 7) is 6.15. The summed E-state index contributed by atoms with van der Waals surface area (Å²) in [5.41, 5.74) is 1.03. The van der Waals surface area contributed by atoms with Crippen molar-refractivity contribution in [2.24, 2.45) is 5.41 Å². The monoisotopic (exact) mass is 461 g/mol. The van der Waals surface area contributed by atoms with Crippen LogP contribution in [0.1, 0.15) is 26.3 Å². The van der Waals surface area contributed by atoms with Crippen molar-refractivity contribution in [3.63, 3.8) is 0 Å². The van der Waals surface area contributed by atoms with Crippen LogP contribution in [-0.4, -0.2) is 40.0 Å². The zero-order valence-corrected chi connectivity index (χ0v) is 19.1. The van der Waals surface area contributed by atoms with Gasteiger partial charge in [-0.15, -0.1) is 0 Å². The molecule has 1 amide bonds. The molecule has 1 aromatic carbocycles. The van der Waals surface area contributed by atoms with Crippen molar-refractivity contribution >= 4 is 27.7 Å². The number of aromatic nitrogens is 2. The summed E-state index contributed by atoms with van der Waals surface area (Å²) in [6.07, 6.45) is 1.88. The first-order chi connectivity index (χ1) is 14.5. The fraction of sp³-hybridized carbons (Fsp3) is 0.273. The Balaban J connectivity index is 2.13. The first-order valence-corrected chi connectivity index (χ1v) is 11.4. The first-order valence-electron chi connectivity index (χ1n) is 9.60. The standard InChI is InChI=1S/C22H24ClN3O4S/c1-22(2,3)15-25(21(27)28)13-16-12-19(18-10-7-11-24-20(18)23)26(14-16)31(29,30)17-8-5-4-6-9-17/h4-12,14H,13,15H2,1-3H3,(H,27,28). The quantitative estimate of drug-likeness (QED) is 0.523. The van der Waals surface area contributed by atoms with E-state index in [0.717, 1.165) is 3.97 Å². The van der Waals surface area contributed by atoms with Crippen LogP contribution in [0.5, 0.6) is 0 Å². The van der Waals surface area contributed by atoms with Crippen LogP contribution >= 0.6 is 11.6 Å². The van der Waals surface area contributed by atoms with E-state index in [-0.39, 0.29) is 22.0 Å². The highest BCUT2D eigenvalue weighted by atomic mass is 35.5. The molecule has 0 aliphatic heterocycles. The van der Waals surface area contributed by atoms with Crippen molar-refractivity contribution in [1.82, 2.24) is 13.9 Å². The average molecular weight is 462 g/mol. The molecule has 0 saturated carbocycles. The fourth-order valence-electron chi connectivity index (χ4n) is 3.25. The number of carbonyl (C=O) groups is 1. The van der Waals surface area contributed by atoms with E-state index in [1.165, 1.54) is 29.4 Å². The van der Waals surface area contributed by atoms with E-state index in [1.54, 1.807) is 36.4 Å². The Morgan fingerprint density at radius 1 is 1.16 bits per heavy atom. The van der Waals surface area contributed by atoms with E-state index in [4.69, 9.17) is 11.6 Å². The third-order valence-corrected chi connectivity index (χ3v) is 6.48. The molecule has 0 saturated heterocycles. The molecule has 3 aromatic rings. The van der Waals surface area contributed by atoms with Crippen molar-refractivity contribution < 1.29 is 18.3 Å².